The number of carbonyl (C=O) groups is 1. The number of rotatable bonds is 5. The summed E-state index contributed by atoms with van der Waals surface area (Å²) in [6, 6.07) is 13.3. The highest BCUT2D eigenvalue weighted by molar-refractivity contribution is 7.89. The molecule has 8 heteroatoms. The molecule has 2 aromatic rings. The van der Waals surface area contributed by atoms with E-state index in [-0.39, 0.29) is 11.8 Å². The summed E-state index contributed by atoms with van der Waals surface area (Å²) in [5.74, 6) is 0.0723. The number of halogens is 1. The van der Waals surface area contributed by atoms with Crippen LogP contribution in [0.4, 0.5) is 0 Å². The predicted molar refractivity (Wildman–Crippen MR) is 131 cm³/mol. The molecule has 2 saturated heterocycles. The molecule has 0 saturated carbocycles. The zero-order chi connectivity index (χ0) is 23.6. The molecule has 0 bridgehead atoms. The van der Waals surface area contributed by atoms with Crippen LogP contribution < -0.4 is 0 Å². The van der Waals surface area contributed by atoms with Gasteiger partial charge in [-0.1, -0.05) is 41.4 Å². The fourth-order valence-electron chi connectivity index (χ4n) is 4.80. The fraction of sp³-hybridized carbons (Fsp3) is 0.480. The number of benzene rings is 2. The molecule has 0 aliphatic carbocycles. The first kappa shape index (κ1) is 24.2. The van der Waals surface area contributed by atoms with Crippen LogP contribution >= 0.6 is 11.6 Å². The van der Waals surface area contributed by atoms with Gasteiger partial charge < -0.3 is 4.90 Å². The molecular formula is C25H32ClN3O3S. The second-order valence-electron chi connectivity index (χ2n) is 9.18. The van der Waals surface area contributed by atoms with E-state index in [1.807, 2.05) is 55.1 Å². The molecule has 4 rings (SSSR count). The van der Waals surface area contributed by atoms with Crippen molar-refractivity contribution in [1.82, 2.24) is 14.1 Å². The second-order valence-corrected chi connectivity index (χ2v) is 11.5. The summed E-state index contributed by atoms with van der Waals surface area (Å²) in [5.41, 5.74) is 3.03. The van der Waals surface area contributed by atoms with Crippen molar-refractivity contribution in [3.05, 3.63) is 64.2 Å². The lowest BCUT2D eigenvalue weighted by Gasteiger charge is -2.38. The standard InChI is InChI=1S/C25H32ClN3O3S/c1-19-3-8-24(20(2)17-19)33(31,32)29-11-9-22(10-12-29)25(30)28-15-13-27(14-16-28)18-21-4-6-23(26)7-5-21/h3-8,17,22H,9-16,18H2,1-2H3. The van der Waals surface area contributed by atoms with E-state index in [2.05, 4.69) is 4.90 Å². The normalized spacial score (nSPS) is 19.1. The molecule has 2 aliphatic rings. The third-order valence-corrected chi connectivity index (χ3v) is 9.07. The number of carbonyl (C=O) groups excluding carboxylic acids is 1. The molecule has 0 aromatic heterocycles. The summed E-state index contributed by atoms with van der Waals surface area (Å²) in [4.78, 5) is 17.8. The molecule has 2 aliphatic heterocycles. The van der Waals surface area contributed by atoms with Crippen LogP contribution in [0.3, 0.4) is 0 Å². The highest BCUT2D eigenvalue weighted by Crippen LogP contribution is 2.27. The van der Waals surface area contributed by atoms with Crippen molar-refractivity contribution in [1.29, 1.82) is 0 Å². The lowest BCUT2D eigenvalue weighted by Crippen LogP contribution is -2.51. The first-order valence-corrected chi connectivity index (χ1v) is 13.4. The Kier molecular flexibility index (Phi) is 7.43. The highest BCUT2D eigenvalue weighted by atomic mass is 35.5. The highest BCUT2D eigenvalue weighted by Gasteiger charge is 2.35. The van der Waals surface area contributed by atoms with Crippen molar-refractivity contribution < 1.29 is 13.2 Å². The summed E-state index contributed by atoms with van der Waals surface area (Å²) < 4.78 is 27.8. The molecule has 0 spiro atoms. The van der Waals surface area contributed by atoms with Gasteiger partial charge in [0.15, 0.2) is 0 Å². The van der Waals surface area contributed by atoms with E-state index >= 15 is 0 Å². The van der Waals surface area contributed by atoms with Crippen molar-refractivity contribution in [3.8, 4) is 0 Å². The number of aryl methyl sites for hydroxylation is 2. The Morgan fingerprint density at radius 2 is 1.58 bits per heavy atom. The van der Waals surface area contributed by atoms with Gasteiger partial charge in [-0.15, -0.1) is 0 Å². The summed E-state index contributed by atoms with van der Waals surface area (Å²) in [6.07, 6.45) is 1.15. The zero-order valence-corrected chi connectivity index (χ0v) is 20.9. The van der Waals surface area contributed by atoms with Gasteiger partial charge in [-0.3, -0.25) is 9.69 Å². The quantitative estimate of drug-likeness (QED) is 0.642. The lowest BCUT2D eigenvalue weighted by atomic mass is 9.96. The van der Waals surface area contributed by atoms with E-state index in [0.717, 1.165) is 35.8 Å². The first-order valence-electron chi connectivity index (χ1n) is 11.6. The molecule has 6 nitrogen and oxygen atoms in total. The van der Waals surface area contributed by atoms with Crippen LogP contribution in [0.1, 0.15) is 29.5 Å². The van der Waals surface area contributed by atoms with Crippen molar-refractivity contribution in [2.24, 2.45) is 5.92 Å². The van der Waals surface area contributed by atoms with Crippen molar-refractivity contribution in [2.75, 3.05) is 39.3 Å². The van der Waals surface area contributed by atoms with E-state index < -0.39 is 10.0 Å². The summed E-state index contributed by atoms with van der Waals surface area (Å²) in [6.45, 7) is 8.55. The van der Waals surface area contributed by atoms with Gasteiger partial charge in [-0.05, 0) is 56.0 Å². The van der Waals surface area contributed by atoms with Gasteiger partial charge in [0.1, 0.15) is 0 Å². The number of hydrogen-bond acceptors (Lipinski definition) is 4. The number of nitrogens with zero attached hydrogens (tertiary/aromatic N) is 3. The minimum atomic E-state index is -3.53. The Hall–Kier alpha value is -1.93. The van der Waals surface area contributed by atoms with Crippen LogP contribution in [-0.2, 0) is 21.4 Å². The molecule has 2 heterocycles. The predicted octanol–water partition coefficient (Wildman–Crippen LogP) is 3.70. The van der Waals surface area contributed by atoms with Gasteiger partial charge in [0.05, 0.1) is 4.90 Å². The zero-order valence-electron chi connectivity index (χ0n) is 19.3. The monoisotopic (exact) mass is 489 g/mol. The Morgan fingerprint density at radius 3 is 2.18 bits per heavy atom. The Bertz CT molecular complexity index is 1090. The Balaban J connectivity index is 1.28. The average Bonchev–Trinajstić information content (AvgIpc) is 2.80. The summed E-state index contributed by atoms with van der Waals surface area (Å²) in [5, 5.41) is 0.738. The van der Waals surface area contributed by atoms with Crippen LogP contribution in [-0.4, -0.2) is 67.7 Å². The third kappa shape index (κ3) is 5.60. The number of sulfonamides is 1. The van der Waals surface area contributed by atoms with Crippen LogP contribution in [0, 0.1) is 19.8 Å². The van der Waals surface area contributed by atoms with Gasteiger partial charge in [0.2, 0.25) is 15.9 Å². The van der Waals surface area contributed by atoms with E-state index in [9.17, 15) is 13.2 Å². The largest absolute Gasteiger partial charge is 0.340 e. The SMILES string of the molecule is Cc1ccc(S(=O)(=O)N2CCC(C(=O)N3CCN(Cc4ccc(Cl)cc4)CC3)CC2)c(C)c1. The van der Waals surface area contributed by atoms with Gasteiger partial charge in [0.25, 0.3) is 0 Å². The van der Waals surface area contributed by atoms with Gasteiger partial charge in [0, 0.05) is 56.8 Å². The van der Waals surface area contributed by atoms with Crippen molar-refractivity contribution in [3.63, 3.8) is 0 Å². The smallest absolute Gasteiger partial charge is 0.243 e. The first-order chi connectivity index (χ1) is 15.7. The Labute approximate surface area is 202 Å². The number of hydrogen-bond donors (Lipinski definition) is 0. The molecule has 33 heavy (non-hydrogen) atoms. The van der Waals surface area contributed by atoms with Crippen LogP contribution in [0.25, 0.3) is 0 Å². The molecule has 0 N–H and O–H groups in total. The summed E-state index contributed by atoms with van der Waals surface area (Å²) in [7, 11) is -3.53. The second kappa shape index (κ2) is 10.1. The van der Waals surface area contributed by atoms with Gasteiger partial charge in [-0.25, -0.2) is 8.42 Å². The topological polar surface area (TPSA) is 60.9 Å². The van der Waals surface area contributed by atoms with Crippen molar-refractivity contribution >= 4 is 27.5 Å². The minimum Gasteiger partial charge on any atom is -0.340 e. The van der Waals surface area contributed by atoms with Gasteiger partial charge >= 0.3 is 0 Å². The maximum Gasteiger partial charge on any atom is 0.243 e. The Morgan fingerprint density at radius 1 is 0.939 bits per heavy atom. The molecule has 2 aromatic carbocycles. The van der Waals surface area contributed by atoms with Crippen molar-refractivity contribution in [2.45, 2.75) is 38.1 Å². The average molecular weight is 490 g/mol. The molecule has 2 fully saturated rings. The number of amides is 1. The van der Waals surface area contributed by atoms with E-state index in [1.54, 1.807) is 10.4 Å². The van der Waals surface area contributed by atoms with E-state index in [0.29, 0.717) is 43.9 Å². The maximum absolute atomic E-state index is 13.1. The summed E-state index contributed by atoms with van der Waals surface area (Å²) >= 11 is 5.97. The fourth-order valence-corrected chi connectivity index (χ4v) is 6.61. The molecule has 178 valence electrons. The van der Waals surface area contributed by atoms with E-state index in [4.69, 9.17) is 11.6 Å². The van der Waals surface area contributed by atoms with Crippen LogP contribution in [0.5, 0.6) is 0 Å². The third-order valence-electron chi connectivity index (χ3n) is 6.75. The molecule has 0 atom stereocenters. The number of piperidine rings is 1. The molecule has 0 radical (unpaired) electrons. The van der Waals surface area contributed by atoms with E-state index in [1.165, 1.54) is 5.56 Å². The van der Waals surface area contributed by atoms with Crippen LogP contribution in [0.2, 0.25) is 5.02 Å². The molecular weight excluding hydrogens is 458 g/mol. The minimum absolute atomic E-state index is 0.0987. The molecule has 0 unspecified atom stereocenters. The van der Waals surface area contributed by atoms with Gasteiger partial charge in [-0.2, -0.15) is 4.31 Å². The maximum atomic E-state index is 13.1. The number of piperazine rings is 1. The molecule has 1 amide bonds. The lowest BCUT2D eigenvalue weighted by molar-refractivity contribution is -0.138. The van der Waals surface area contributed by atoms with Crippen LogP contribution in [0.15, 0.2) is 47.4 Å².